The highest BCUT2D eigenvalue weighted by molar-refractivity contribution is 7.92. The Morgan fingerprint density at radius 3 is 2.41 bits per heavy atom. The molecule has 0 atom stereocenters. The van der Waals surface area contributed by atoms with Crippen molar-refractivity contribution >= 4 is 22.0 Å². The molecule has 0 aromatic heterocycles. The molecule has 0 bridgehead atoms. The molecule has 1 aromatic rings. The number of nitrogens with zero attached hydrogens (tertiary/aromatic N) is 1. The minimum Gasteiger partial charge on any atom is -0.370 e. The van der Waals surface area contributed by atoms with Gasteiger partial charge in [-0.05, 0) is 37.3 Å². The van der Waals surface area contributed by atoms with E-state index in [0.717, 1.165) is 11.1 Å². The van der Waals surface area contributed by atoms with Crippen LogP contribution in [0.3, 0.4) is 0 Å². The van der Waals surface area contributed by atoms with Crippen LogP contribution in [0.15, 0.2) is 29.7 Å². The Hall–Kier alpha value is -1.66. The summed E-state index contributed by atoms with van der Waals surface area (Å²) in [5.74, 6) is -0.120. The normalized spacial score (nSPS) is 17.9. The molecule has 1 heterocycles. The predicted molar refractivity (Wildman–Crippen MR) is 87.2 cm³/mol. The Morgan fingerprint density at radius 2 is 1.86 bits per heavy atom. The highest BCUT2D eigenvalue weighted by atomic mass is 32.2. The molecule has 1 fully saturated rings. The lowest BCUT2D eigenvalue weighted by Gasteiger charge is -2.29. The van der Waals surface area contributed by atoms with Gasteiger partial charge in [-0.15, -0.1) is 0 Å². The van der Waals surface area contributed by atoms with E-state index in [-0.39, 0.29) is 11.8 Å². The molecular weight excluding hydrogens is 300 g/mol. The van der Waals surface area contributed by atoms with Crippen LogP contribution in [0.4, 0.5) is 0 Å². The molecule has 120 valence electrons. The summed E-state index contributed by atoms with van der Waals surface area (Å²) in [5.41, 5.74) is 7.18. The summed E-state index contributed by atoms with van der Waals surface area (Å²) in [5, 5.41) is 1.26. The van der Waals surface area contributed by atoms with Crippen molar-refractivity contribution in [3.8, 4) is 0 Å². The van der Waals surface area contributed by atoms with E-state index in [4.69, 9.17) is 5.73 Å². The van der Waals surface area contributed by atoms with E-state index in [2.05, 4.69) is 0 Å². The molecule has 0 saturated carbocycles. The van der Waals surface area contributed by atoms with Gasteiger partial charge >= 0.3 is 0 Å². The topological polar surface area (TPSA) is 80.5 Å². The first kappa shape index (κ1) is 16.7. The molecule has 2 rings (SSSR count). The average molecular weight is 322 g/mol. The van der Waals surface area contributed by atoms with Crippen LogP contribution in [0, 0.1) is 12.8 Å². The van der Waals surface area contributed by atoms with E-state index in [1.807, 2.05) is 31.2 Å². The number of hydrogen-bond acceptors (Lipinski definition) is 3. The summed E-state index contributed by atoms with van der Waals surface area (Å²) < 4.78 is 26.1. The second-order valence-corrected chi connectivity index (χ2v) is 7.59. The number of benzene rings is 1. The minimum atomic E-state index is -3.41. The number of primary amides is 1. The van der Waals surface area contributed by atoms with Gasteiger partial charge in [-0.25, -0.2) is 8.42 Å². The molecule has 1 aromatic carbocycles. The maximum absolute atomic E-state index is 12.3. The summed E-state index contributed by atoms with van der Waals surface area (Å²) >= 11 is 0. The molecular formula is C16H22N2O3S. The monoisotopic (exact) mass is 322 g/mol. The van der Waals surface area contributed by atoms with Crippen molar-refractivity contribution in [1.29, 1.82) is 0 Å². The van der Waals surface area contributed by atoms with Gasteiger partial charge in [-0.2, -0.15) is 4.31 Å². The molecule has 1 aliphatic heterocycles. The van der Waals surface area contributed by atoms with E-state index >= 15 is 0 Å². The minimum absolute atomic E-state index is 0.199. The van der Waals surface area contributed by atoms with Crippen molar-refractivity contribution in [2.24, 2.45) is 11.7 Å². The van der Waals surface area contributed by atoms with Crippen LogP contribution in [0.25, 0.3) is 6.08 Å². The van der Waals surface area contributed by atoms with Crippen molar-refractivity contribution < 1.29 is 13.2 Å². The van der Waals surface area contributed by atoms with Gasteiger partial charge < -0.3 is 5.73 Å². The lowest BCUT2D eigenvalue weighted by Crippen LogP contribution is -2.38. The molecule has 0 aliphatic carbocycles. The molecule has 5 nitrogen and oxygen atoms in total. The van der Waals surface area contributed by atoms with Crippen LogP contribution >= 0.6 is 0 Å². The van der Waals surface area contributed by atoms with Gasteiger partial charge in [-0.1, -0.05) is 29.8 Å². The lowest BCUT2D eigenvalue weighted by molar-refractivity contribution is -0.119. The van der Waals surface area contributed by atoms with Gasteiger partial charge in [0.2, 0.25) is 15.9 Å². The zero-order valence-corrected chi connectivity index (χ0v) is 13.6. The Bertz CT molecular complexity index is 642. The van der Waals surface area contributed by atoms with Crippen LogP contribution in [0.2, 0.25) is 0 Å². The molecule has 1 saturated heterocycles. The summed E-state index contributed by atoms with van der Waals surface area (Å²) in [7, 11) is -3.41. The first-order chi connectivity index (χ1) is 10.4. The third-order valence-corrected chi connectivity index (χ3v) is 5.50. The summed E-state index contributed by atoms with van der Waals surface area (Å²) in [6.07, 6.45) is 3.32. The smallest absolute Gasteiger partial charge is 0.236 e. The number of piperidine rings is 1. The van der Waals surface area contributed by atoms with E-state index < -0.39 is 10.0 Å². The summed E-state index contributed by atoms with van der Waals surface area (Å²) in [6.45, 7) is 2.87. The van der Waals surface area contributed by atoms with Gasteiger partial charge in [0.1, 0.15) is 0 Å². The van der Waals surface area contributed by atoms with Crippen LogP contribution in [-0.2, 0) is 14.8 Å². The van der Waals surface area contributed by atoms with Crippen molar-refractivity contribution in [1.82, 2.24) is 4.31 Å². The molecule has 22 heavy (non-hydrogen) atoms. The number of sulfonamides is 1. The van der Waals surface area contributed by atoms with Gasteiger partial charge in [0, 0.05) is 24.9 Å². The van der Waals surface area contributed by atoms with Crippen molar-refractivity contribution in [3.05, 3.63) is 40.8 Å². The highest BCUT2D eigenvalue weighted by Crippen LogP contribution is 2.23. The molecule has 1 amide bonds. The molecule has 1 aliphatic rings. The molecule has 0 radical (unpaired) electrons. The molecule has 2 N–H and O–H groups in total. The second kappa shape index (κ2) is 7.07. The Kier molecular flexibility index (Phi) is 5.37. The third kappa shape index (κ3) is 4.68. The fraction of sp³-hybridized carbons (Fsp3) is 0.438. The van der Waals surface area contributed by atoms with Gasteiger partial charge in [0.05, 0.1) is 0 Å². The van der Waals surface area contributed by atoms with Crippen LogP contribution in [-0.4, -0.2) is 31.7 Å². The maximum Gasteiger partial charge on any atom is 0.236 e. The molecule has 0 spiro atoms. The van der Waals surface area contributed by atoms with Crippen LogP contribution < -0.4 is 5.73 Å². The van der Waals surface area contributed by atoms with Gasteiger partial charge in [-0.3, -0.25) is 4.79 Å². The number of rotatable bonds is 5. The van der Waals surface area contributed by atoms with E-state index in [9.17, 15) is 13.2 Å². The Morgan fingerprint density at radius 1 is 1.27 bits per heavy atom. The number of carbonyl (C=O) groups excluding carboxylic acids is 1. The first-order valence-corrected chi connectivity index (χ1v) is 8.90. The number of carbonyl (C=O) groups is 1. The van der Waals surface area contributed by atoms with Crippen molar-refractivity contribution in [3.63, 3.8) is 0 Å². The Balaban J connectivity index is 1.96. The quantitative estimate of drug-likeness (QED) is 0.899. The number of amides is 1. The van der Waals surface area contributed by atoms with Crippen molar-refractivity contribution in [2.75, 3.05) is 13.1 Å². The van der Waals surface area contributed by atoms with E-state index in [0.29, 0.717) is 32.4 Å². The number of aryl methyl sites for hydroxylation is 1. The lowest BCUT2D eigenvalue weighted by atomic mass is 9.94. The van der Waals surface area contributed by atoms with Gasteiger partial charge in [0.25, 0.3) is 0 Å². The zero-order chi connectivity index (χ0) is 16.2. The Labute approximate surface area is 131 Å². The third-order valence-electron chi connectivity index (χ3n) is 3.93. The average Bonchev–Trinajstić information content (AvgIpc) is 2.47. The molecule has 6 heteroatoms. The first-order valence-electron chi connectivity index (χ1n) is 7.40. The van der Waals surface area contributed by atoms with Crippen molar-refractivity contribution in [2.45, 2.75) is 26.2 Å². The maximum atomic E-state index is 12.3. The highest BCUT2D eigenvalue weighted by Gasteiger charge is 2.26. The van der Waals surface area contributed by atoms with Crippen LogP contribution in [0.5, 0.6) is 0 Å². The fourth-order valence-corrected chi connectivity index (χ4v) is 3.80. The molecule has 0 unspecified atom stereocenters. The predicted octanol–water partition coefficient (Wildman–Crippen LogP) is 1.88. The standard InChI is InChI=1S/C16H22N2O3S/c1-13-2-4-14(5-3-13)8-11-22(20,21)18-9-6-15(7-10-18)12-16(17)19/h2-5,8,11,15H,6-7,9-10,12H2,1H3,(H2,17,19)/b11-8-. The zero-order valence-electron chi connectivity index (χ0n) is 12.7. The fourth-order valence-electron chi connectivity index (χ4n) is 2.58. The van der Waals surface area contributed by atoms with Crippen LogP contribution in [0.1, 0.15) is 30.4 Å². The van der Waals surface area contributed by atoms with Gasteiger partial charge in [0.15, 0.2) is 0 Å². The number of nitrogens with two attached hydrogens (primary N) is 1. The summed E-state index contributed by atoms with van der Waals surface area (Å²) in [6, 6.07) is 7.67. The number of hydrogen-bond donors (Lipinski definition) is 1. The summed E-state index contributed by atoms with van der Waals surface area (Å²) in [4.78, 5) is 10.9. The second-order valence-electron chi connectivity index (χ2n) is 5.77. The van der Waals surface area contributed by atoms with E-state index in [1.54, 1.807) is 6.08 Å². The SMILES string of the molecule is Cc1ccc(/C=C\S(=O)(=O)N2CCC(CC(N)=O)CC2)cc1. The largest absolute Gasteiger partial charge is 0.370 e. The van der Waals surface area contributed by atoms with E-state index in [1.165, 1.54) is 9.71 Å².